The van der Waals surface area contributed by atoms with Crippen molar-refractivity contribution in [3.8, 4) is 12.5 Å². The second-order valence-electron chi connectivity index (χ2n) is 4.52. The number of hydrogen-bond donors (Lipinski definition) is 0. The zero-order chi connectivity index (χ0) is 16.0. The predicted molar refractivity (Wildman–Crippen MR) is 79.9 cm³/mol. The van der Waals surface area contributed by atoms with Gasteiger partial charge in [-0.1, -0.05) is 12.0 Å². The largest absolute Gasteiger partial charge is 0.270 e. The highest BCUT2D eigenvalue weighted by Crippen LogP contribution is 2.19. The maximum atomic E-state index is 12.3. The summed E-state index contributed by atoms with van der Waals surface area (Å²) in [6, 6.07) is 6.76. The molecule has 0 radical (unpaired) electrons. The molecular formula is C14H16N2O4S. The van der Waals surface area contributed by atoms with Crippen LogP contribution in [0.15, 0.2) is 41.3 Å². The zero-order valence-corrected chi connectivity index (χ0v) is 12.5. The smallest absolute Gasteiger partial charge is 0.258 e. The van der Waals surface area contributed by atoms with Crippen molar-refractivity contribution < 1.29 is 13.3 Å². The quantitative estimate of drug-likeness (QED) is 0.255. The number of terminal acetylenes is 1. The van der Waals surface area contributed by atoms with Crippen molar-refractivity contribution in [2.75, 3.05) is 6.54 Å². The first-order valence-electron chi connectivity index (χ1n) is 6.17. The molecule has 112 valence electrons. The van der Waals surface area contributed by atoms with Gasteiger partial charge in [0, 0.05) is 24.7 Å². The molecule has 0 bridgehead atoms. The van der Waals surface area contributed by atoms with Crippen LogP contribution >= 0.6 is 0 Å². The average molecular weight is 308 g/mol. The number of sulfonamides is 1. The van der Waals surface area contributed by atoms with E-state index in [4.69, 9.17) is 6.42 Å². The minimum atomic E-state index is -3.85. The van der Waals surface area contributed by atoms with E-state index in [0.29, 0.717) is 12.8 Å². The van der Waals surface area contributed by atoms with Gasteiger partial charge in [0.05, 0.1) is 9.82 Å². The first-order chi connectivity index (χ1) is 9.78. The fourth-order valence-corrected chi connectivity index (χ4v) is 2.89. The molecular weight excluding hydrogens is 292 g/mol. The molecule has 0 N–H and O–H groups in total. The summed E-state index contributed by atoms with van der Waals surface area (Å²) in [5, 5.41) is 10.6. The molecule has 6 nitrogen and oxygen atoms in total. The van der Waals surface area contributed by atoms with Crippen LogP contribution in [0.3, 0.4) is 0 Å². The summed E-state index contributed by atoms with van der Waals surface area (Å²) in [6.45, 7) is 5.76. The van der Waals surface area contributed by atoms with Crippen molar-refractivity contribution in [2.45, 2.75) is 24.7 Å². The molecule has 0 fully saturated rings. The highest BCUT2D eigenvalue weighted by molar-refractivity contribution is 7.89. The first-order valence-corrected chi connectivity index (χ1v) is 7.61. The van der Waals surface area contributed by atoms with Crippen LogP contribution in [0.25, 0.3) is 0 Å². The lowest BCUT2D eigenvalue weighted by Crippen LogP contribution is -2.27. The number of nitro groups is 1. The van der Waals surface area contributed by atoms with Crippen molar-refractivity contribution in [2.24, 2.45) is 0 Å². The van der Waals surface area contributed by atoms with Gasteiger partial charge in [0.2, 0.25) is 0 Å². The summed E-state index contributed by atoms with van der Waals surface area (Å²) in [7, 11) is -3.85. The lowest BCUT2D eigenvalue weighted by molar-refractivity contribution is -0.384. The number of nitro benzene ring substituents is 1. The van der Waals surface area contributed by atoms with E-state index in [1.165, 1.54) is 12.1 Å². The Balaban J connectivity index is 2.94. The van der Waals surface area contributed by atoms with E-state index in [9.17, 15) is 18.5 Å². The minimum Gasteiger partial charge on any atom is -0.258 e. The molecule has 7 heteroatoms. The van der Waals surface area contributed by atoms with Gasteiger partial charge in [-0.15, -0.1) is 6.58 Å². The number of allylic oxidation sites excluding steroid dienone is 1. The number of non-ortho nitro benzene ring substituents is 1. The summed E-state index contributed by atoms with van der Waals surface area (Å²) >= 11 is 0. The molecule has 0 aliphatic heterocycles. The highest BCUT2D eigenvalue weighted by atomic mass is 32.2. The molecule has 0 heterocycles. The fourth-order valence-electron chi connectivity index (χ4n) is 1.65. The lowest BCUT2D eigenvalue weighted by atomic mass is 10.2. The average Bonchev–Trinajstić information content (AvgIpc) is 2.43. The van der Waals surface area contributed by atoms with Crippen LogP contribution in [0.2, 0.25) is 0 Å². The molecule has 0 aliphatic rings. The molecule has 0 aliphatic carbocycles. The summed E-state index contributed by atoms with van der Waals surface area (Å²) in [5.41, 5.74) is 0.767. The van der Waals surface area contributed by atoms with Crippen LogP contribution in [0.5, 0.6) is 0 Å². The van der Waals surface area contributed by atoms with Gasteiger partial charge in [0.15, 0.2) is 0 Å². The lowest BCUT2D eigenvalue weighted by Gasteiger charge is -2.17. The summed E-state index contributed by atoms with van der Waals surface area (Å²) in [4.78, 5) is 9.90. The van der Waals surface area contributed by atoms with Gasteiger partial charge < -0.3 is 0 Å². The molecule has 21 heavy (non-hydrogen) atoms. The SMILES string of the molecule is C#CN(CCCC(=C)C)S(=O)(=O)c1ccc([N+](=O)[O-])cc1. The Morgan fingerprint density at radius 1 is 1.43 bits per heavy atom. The molecule has 0 atom stereocenters. The van der Waals surface area contributed by atoms with E-state index >= 15 is 0 Å². The summed E-state index contributed by atoms with van der Waals surface area (Å²) in [6.07, 6.45) is 6.49. The standard InChI is InChI=1S/C14H16N2O4S/c1-4-15(11-5-6-12(2)3)21(19,20)14-9-7-13(8-10-14)16(17)18/h1,7-10H,2,5-6,11H2,3H3. The van der Waals surface area contributed by atoms with Crippen molar-refractivity contribution in [1.29, 1.82) is 0 Å². The second kappa shape index (κ2) is 6.90. The Morgan fingerprint density at radius 2 is 2.00 bits per heavy atom. The molecule has 1 aromatic rings. The first kappa shape index (κ1) is 16.7. The third-order valence-electron chi connectivity index (χ3n) is 2.74. The Kier molecular flexibility index (Phi) is 5.50. The maximum Gasteiger partial charge on any atom is 0.270 e. The van der Waals surface area contributed by atoms with Crippen molar-refractivity contribution in [3.63, 3.8) is 0 Å². The Hall–Kier alpha value is -2.33. The summed E-state index contributed by atoms with van der Waals surface area (Å²) < 4.78 is 25.5. The predicted octanol–water partition coefficient (Wildman–Crippen LogP) is 2.53. The molecule has 1 rings (SSSR count). The Morgan fingerprint density at radius 3 is 2.43 bits per heavy atom. The minimum absolute atomic E-state index is 0.0682. The van der Waals surface area contributed by atoms with E-state index in [1.807, 2.05) is 6.92 Å². The molecule has 1 aromatic carbocycles. The van der Waals surface area contributed by atoms with Gasteiger partial charge in [0.25, 0.3) is 15.7 Å². The van der Waals surface area contributed by atoms with E-state index in [-0.39, 0.29) is 17.1 Å². The Bertz CT molecular complexity index is 672. The Labute approximate surface area is 124 Å². The van der Waals surface area contributed by atoms with Crippen LogP contribution in [-0.4, -0.2) is 24.2 Å². The third-order valence-corrected chi connectivity index (χ3v) is 4.48. The maximum absolute atomic E-state index is 12.3. The number of hydrogen-bond acceptors (Lipinski definition) is 4. The van der Waals surface area contributed by atoms with Crippen molar-refractivity contribution in [1.82, 2.24) is 4.31 Å². The van der Waals surface area contributed by atoms with Crippen LogP contribution < -0.4 is 0 Å². The molecule has 0 saturated carbocycles. The number of rotatable bonds is 7. The second-order valence-corrected chi connectivity index (χ2v) is 6.38. The molecule has 0 unspecified atom stereocenters. The number of nitrogens with zero attached hydrogens (tertiary/aromatic N) is 2. The molecule has 0 amide bonds. The number of benzene rings is 1. The van der Waals surface area contributed by atoms with E-state index < -0.39 is 14.9 Å². The van der Waals surface area contributed by atoms with Gasteiger partial charge in [-0.3, -0.25) is 10.1 Å². The monoisotopic (exact) mass is 308 g/mol. The van der Waals surface area contributed by atoms with Gasteiger partial charge in [-0.25, -0.2) is 12.7 Å². The van der Waals surface area contributed by atoms with Gasteiger partial charge in [-0.05, 0) is 31.9 Å². The third kappa shape index (κ3) is 4.33. The highest BCUT2D eigenvalue weighted by Gasteiger charge is 2.22. The van der Waals surface area contributed by atoms with Gasteiger partial charge in [0.1, 0.15) is 0 Å². The van der Waals surface area contributed by atoms with Crippen LogP contribution in [-0.2, 0) is 10.0 Å². The van der Waals surface area contributed by atoms with Gasteiger partial charge in [-0.2, -0.15) is 0 Å². The van der Waals surface area contributed by atoms with Crippen LogP contribution in [0.4, 0.5) is 5.69 Å². The normalized spacial score (nSPS) is 10.7. The summed E-state index contributed by atoms with van der Waals surface area (Å²) in [5.74, 6) is 0. The van der Waals surface area contributed by atoms with Crippen molar-refractivity contribution in [3.05, 3.63) is 46.5 Å². The van der Waals surface area contributed by atoms with Crippen LogP contribution in [0.1, 0.15) is 19.8 Å². The van der Waals surface area contributed by atoms with E-state index in [1.54, 1.807) is 0 Å². The topological polar surface area (TPSA) is 80.5 Å². The zero-order valence-electron chi connectivity index (χ0n) is 11.7. The fraction of sp³-hybridized carbons (Fsp3) is 0.286. The molecule has 0 saturated heterocycles. The van der Waals surface area contributed by atoms with Gasteiger partial charge >= 0.3 is 0 Å². The molecule has 0 spiro atoms. The van der Waals surface area contributed by atoms with Crippen molar-refractivity contribution >= 4 is 15.7 Å². The molecule has 0 aromatic heterocycles. The van der Waals surface area contributed by atoms with E-state index in [2.05, 4.69) is 12.6 Å². The van der Waals surface area contributed by atoms with Crippen LogP contribution in [0, 0.1) is 22.6 Å². The van der Waals surface area contributed by atoms with E-state index in [0.717, 1.165) is 22.0 Å².